The van der Waals surface area contributed by atoms with E-state index in [4.69, 9.17) is 0 Å². The van der Waals surface area contributed by atoms with E-state index in [1.165, 1.54) is 11.3 Å². The average molecular weight is 309 g/mol. The summed E-state index contributed by atoms with van der Waals surface area (Å²) in [6.45, 7) is 8.17. The molecule has 0 bridgehead atoms. The second-order valence-corrected chi connectivity index (χ2v) is 8.05. The van der Waals surface area contributed by atoms with Crippen molar-refractivity contribution < 1.29 is 9.59 Å². The molecule has 0 saturated heterocycles. The average Bonchev–Trinajstić information content (AvgIpc) is 3.08. The molecule has 0 unspecified atom stereocenters. The van der Waals surface area contributed by atoms with E-state index in [2.05, 4.69) is 10.3 Å². The third-order valence-electron chi connectivity index (χ3n) is 3.17. The van der Waals surface area contributed by atoms with Crippen molar-refractivity contribution in [3.05, 3.63) is 11.1 Å². The zero-order chi connectivity index (χ0) is 15.6. The molecule has 116 valence electrons. The Labute approximate surface area is 129 Å². The van der Waals surface area contributed by atoms with Gasteiger partial charge in [-0.3, -0.25) is 9.59 Å². The van der Waals surface area contributed by atoms with Gasteiger partial charge < -0.3 is 10.2 Å². The van der Waals surface area contributed by atoms with E-state index in [0.717, 1.165) is 17.7 Å². The smallest absolute Gasteiger partial charge is 0.245 e. The molecule has 0 aliphatic heterocycles. The maximum Gasteiger partial charge on any atom is 0.245 e. The summed E-state index contributed by atoms with van der Waals surface area (Å²) >= 11 is 1.44. The molecule has 1 saturated carbocycles. The second-order valence-electron chi connectivity index (χ2n) is 6.81. The van der Waals surface area contributed by atoms with E-state index < -0.39 is 0 Å². The molecule has 1 aliphatic carbocycles. The number of rotatable bonds is 5. The lowest BCUT2D eigenvalue weighted by molar-refractivity contribution is -0.136. The molecule has 5 nitrogen and oxygen atoms in total. The molecular formula is C15H23N3O2S. The van der Waals surface area contributed by atoms with Crippen molar-refractivity contribution in [3.8, 4) is 0 Å². The van der Waals surface area contributed by atoms with E-state index in [9.17, 15) is 9.59 Å². The summed E-state index contributed by atoms with van der Waals surface area (Å²) in [4.78, 5) is 31.3. The van der Waals surface area contributed by atoms with Crippen LogP contribution in [0.2, 0.25) is 0 Å². The van der Waals surface area contributed by atoms with Crippen LogP contribution in [0.1, 0.15) is 44.9 Å². The van der Waals surface area contributed by atoms with Crippen LogP contribution in [0.15, 0.2) is 6.20 Å². The topological polar surface area (TPSA) is 62.3 Å². The number of hydrogen-bond acceptors (Lipinski definition) is 4. The molecule has 1 aliphatic rings. The summed E-state index contributed by atoms with van der Waals surface area (Å²) in [7, 11) is 0. The van der Waals surface area contributed by atoms with Crippen LogP contribution in [0.4, 0.5) is 5.13 Å². The zero-order valence-electron chi connectivity index (χ0n) is 13.1. The summed E-state index contributed by atoms with van der Waals surface area (Å²) in [5.74, 6) is -0.103. The van der Waals surface area contributed by atoms with Gasteiger partial charge in [0, 0.05) is 23.5 Å². The molecule has 1 heterocycles. The molecule has 0 atom stereocenters. The van der Waals surface area contributed by atoms with Crippen molar-refractivity contribution in [1.29, 1.82) is 0 Å². The number of carbonyl (C=O) groups excluding carboxylic acids is 2. The third kappa shape index (κ3) is 5.12. The number of nitrogens with zero attached hydrogens (tertiary/aromatic N) is 2. The summed E-state index contributed by atoms with van der Waals surface area (Å²) in [5.41, 5.74) is -0.0624. The van der Waals surface area contributed by atoms with Gasteiger partial charge in [-0.05, 0) is 25.2 Å². The van der Waals surface area contributed by atoms with Crippen LogP contribution >= 0.6 is 11.3 Å². The number of hydrogen-bond donors (Lipinski definition) is 1. The standard InChI is InChI=1S/C15H23N3O2S/c1-10-8-16-14(21-10)17-12(19)9-18(11-5-6-11)13(20)7-15(2,3)4/h8,11H,5-7,9H2,1-4H3,(H,16,17,19). The molecular weight excluding hydrogens is 286 g/mol. The highest BCUT2D eigenvalue weighted by Gasteiger charge is 2.35. The fourth-order valence-electron chi connectivity index (χ4n) is 2.09. The molecule has 0 spiro atoms. The van der Waals surface area contributed by atoms with E-state index in [1.807, 2.05) is 27.7 Å². The van der Waals surface area contributed by atoms with Crippen LogP contribution in [0.3, 0.4) is 0 Å². The Bertz CT molecular complexity index is 529. The molecule has 1 N–H and O–H groups in total. The van der Waals surface area contributed by atoms with Crippen LogP contribution in [-0.4, -0.2) is 34.3 Å². The molecule has 1 fully saturated rings. The maximum atomic E-state index is 12.4. The maximum absolute atomic E-state index is 12.4. The highest BCUT2D eigenvalue weighted by Crippen LogP contribution is 2.30. The first kappa shape index (κ1) is 15.9. The number of nitrogens with one attached hydrogen (secondary N) is 1. The predicted octanol–water partition coefficient (Wildman–Crippen LogP) is 2.82. The number of amides is 2. The number of aryl methyl sites for hydroxylation is 1. The van der Waals surface area contributed by atoms with Crippen molar-refractivity contribution in [1.82, 2.24) is 9.88 Å². The van der Waals surface area contributed by atoms with Crippen LogP contribution in [0.25, 0.3) is 0 Å². The minimum absolute atomic E-state index is 0.0624. The number of aromatic nitrogens is 1. The van der Waals surface area contributed by atoms with Crippen molar-refractivity contribution in [2.75, 3.05) is 11.9 Å². The lowest BCUT2D eigenvalue weighted by atomic mass is 9.91. The Morgan fingerprint density at radius 3 is 2.57 bits per heavy atom. The first-order chi connectivity index (χ1) is 9.74. The van der Waals surface area contributed by atoms with Gasteiger partial charge in [-0.1, -0.05) is 20.8 Å². The molecule has 2 amide bonds. The monoisotopic (exact) mass is 309 g/mol. The lowest BCUT2D eigenvalue weighted by Crippen LogP contribution is -2.40. The molecule has 1 aromatic heterocycles. The van der Waals surface area contributed by atoms with Gasteiger partial charge in [0.2, 0.25) is 11.8 Å². The van der Waals surface area contributed by atoms with Gasteiger partial charge in [0.25, 0.3) is 0 Å². The highest BCUT2D eigenvalue weighted by molar-refractivity contribution is 7.15. The largest absolute Gasteiger partial charge is 0.330 e. The Morgan fingerprint density at radius 1 is 1.43 bits per heavy atom. The van der Waals surface area contributed by atoms with Gasteiger partial charge in [0.1, 0.15) is 6.54 Å². The Morgan fingerprint density at radius 2 is 2.10 bits per heavy atom. The van der Waals surface area contributed by atoms with Gasteiger partial charge in [-0.25, -0.2) is 4.98 Å². The lowest BCUT2D eigenvalue weighted by Gasteiger charge is -2.26. The summed E-state index contributed by atoms with van der Waals surface area (Å²) < 4.78 is 0. The fourth-order valence-corrected chi connectivity index (χ4v) is 2.77. The predicted molar refractivity (Wildman–Crippen MR) is 84.3 cm³/mol. The first-order valence-electron chi connectivity index (χ1n) is 7.26. The molecule has 0 radical (unpaired) electrons. The summed E-state index contributed by atoms with van der Waals surface area (Å²) in [6, 6.07) is 0.239. The summed E-state index contributed by atoms with van der Waals surface area (Å²) in [5, 5.41) is 3.36. The highest BCUT2D eigenvalue weighted by atomic mass is 32.1. The molecule has 21 heavy (non-hydrogen) atoms. The van der Waals surface area contributed by atoms with E-state index in [-0.39, 0.29) is 29.8 Å². The number of thiazole rings is 1. The van der Waals surface area contributed by atoms with E-state index in [1.54, 1.807) is 11.1 Å². The zero-order valence-corrected chi connectivity index (χ0v) is 13.9. The minimum atomic E-state index is -0.168. The Balaban J connectivity index is 1.93. The van der Waals surface area contributed by atoms with Crippen molar-refractivity contribution >= 4 is 28.3 Å². The first-order valence-corrected chi connectivity index (χ1v) is 8.08. The third-order valence-corrected chi connectivity index (χ3v) is 4.00. The van der Waals surface area contributed by atoms with E-state index in [0.29, 0.717) is 11.6 Å². The van der Waals surface area contributed by atoms with E-state index >= 15 is 0 Å². The molecule has 2 rings (SSSR count). The number of anilines is 1. The number of carbonyl (C=O) groups is 2. The minimum Gasteiger partial charge on any atom is -0.330 e. The van der Waals surface area contributed by atoms with Crippen LogP contribution in [-0.2, 0) is 9.59 Å². The van der Waals surface area contributed by atoms with Crippen LogP contribution < -0.4 is 5.32 Å². The quantitative estimate of drug-likeness (QED) is 0.909. The van der Waals surface area contributed by atoms with Crippen molar-refractivity contribution in [2.24, 2.45) is 5.41 Å². The van der Waals surface area contributed by atoms with Gasteiger partial charge in [-0.2, -0.15) is 0 Å². The fraction of sp³-hybridized carbons (Fsp3) is 0.667. The van der Waals surface area contributed by atoms with Crippen LogP contribution in [0, 0.1) is 12.3 Å². The van der Waals surface area contributed by atoms with Gasteiger partial charge in [0.15, 0.2) is 5.13 Å². The van der Waals surface area contributed by atoms with Crippen molar-refractivity contribution in [3.63, 3.8) is 0 Å². The van der Waals surface area contributed by atoms with Gasteiger partial charge in [0.05, 0.1) is 0 Å². The van der Waals surface area contributed by atoms with Crippen molar-refractivity contribution in [2.45, 2.75) is 53.0 Å². The van der Waals surface area contributed by atoms with Gasteiger partial charge >= 0.3 is 0 Å². The SMILES string of the molecule is Cc1cnc(NC(=O)CN(C(=O)CC(C)(C)C)C2CC2)s1. The molecule has 0 aromatic carbocycles. The molecule has 1 aromatic rings. The second kappa shape index (κ2) is 6.13. The normalized spacial score (nSPS) is 14.9. The van der Waals surface area contributed by atoms with Crippen LogP contribution in [0.5, 0.6) is 0 Å². The Kier molecular flexibility index (Phi) is 4.66. The Hall–Kier alpha value is -1.43. The van der Waals surface area contributed by atoms with Gasteiger partial charge in [-0.15, -0.1) is 11.3 Å². The molecule has 6 heteroatoms. The summed E-state index contributed by atoms with van der Waals surface area (Å²) in [6.07, 6.45) is 4.19.